The van der Waals surface area contributed by atoms with Crippen molar-refractivity contribution in [3.8, 4) is 0 Å². The first kappa shape index (κ1) is 31.5. The van der Waals surface area contributed by atoms with Crippen LogP contribution in [0, 0.1) is 0 Å². The number of nitrogens with one attached hydrogen (secondary N) is 1. The van der Waals surface area contributed by atoms with Gasteiger partial charge in [0.05, 0.1) is 11.9 Å². The number of pyridine rings is 1. The van der Waals surface area contributed by atoms with Crippen molar-refractivity contribution in [1.82, 2.24) is 19.4 Å². The second-order valence-corrected chi connectivity index (χ2v) is 7.82. The number of rotatable bonds is 4. The van der Waals surface area contributed by atoms with Crippen molar-refractivity contribution in [2.24, 2.45) is 0 Å². The van der Waals surface area contributed by atoms with E-state index in [9.17, 15) is 35.9 Å². The second kappa shape index (κ2) is 13.7. The van der Waals surface area contributed by atoms with Gasteiger partial charge in [-0.15, -0.1) is 0 Å². The highest BCUT2D eigenvalue weighted by Crippen LogP contribution is 2.23. The van der Waals surface area contributed by atoms with Crippen LogP contribution >= 0.6 is 11.6 Å². The molecule has 10 nitrogen and oxygen atoms in total. The molecular formula is C20H21ClF6N4O6. The lowest BCUT2D eigenvalue weighted by Crippen LogP contribution is -2.44. The number of carbonyl (C=O) groups is 3. The molecule has 0 spiro atoms. The molecule has 1 atom stereocenters. The van der Waals surface area contributed by atoms with E-state index < -0.39 is 24.3 Å². The molecule has 3 heterocycles. The summed E-state index contributed by atoms with van der Waals surface area (Å²) in [7, 11) is 0. The van der Waals surface area contributed by atoms with Crippen molar-refractivity contribution in [1.29, 1.82) is 0 Å². The Bertz CT molecular complexity index is 1080. The van der Waals surface area contributed by atoms with Gasteiger partial charge in [-0.05, 0) is 31.7 Å². The largest absolute Gasteiger partial charge is 0.490 e. The van der Waals surface area contributed by atoms with Crippen molar-refractivity contribution >= 4 is 29.4 Å². The molecule has 0 aliphatic carbocycles. The Kier molecular flexibility index (Phi) is 11.6. The minimum atomic E-state index is -5.08. The Morgan fingerprint density at radius 3 is 2.11 bits per heavy atom. The smallest absolute Gasteiger partial charge is 0.475 e. The summed E-state index contributed by atoms with van der Waals surface area (Å²) >= 11 is 5.84. The fraction of sp³-hybridized carbons (Fsp3) is 0.450. The normalized spacial score (nSPS) is 15.5. The molecule has 37 heavy (non-hydrogen) atoms. The fourth-order valence-corrected chi connectivity index (χ4v) is 3.20. The number of aromatic nitrogens is 3. The summed E-state index contributed by atoms with van der Waals surface area (Å²) in [5.74, 6) is -5.58. The van der Waals surface area contributed by atoms with Crippen molar-refractivity contribution in [2.75, 3.05) is 6.54 Å². The predicted molar refractivity (Wildman–Crippen MR) is 115 cm³/mol. The first-order chi connectivity index (χ1) is 17.0. The van der Waals surface area contributed by atoms with Gasteiger partial charge in [-0.2, -0.15) is 26.3 Å². The van der Waals surface area contributed by atoms with E-state index in [1.54, 1.807) is 12.5 Å². The molecule has 1 aliphatic rings. The van der Waals surface area contributed by atoms with Crippen LogP contribution in [0.1, 0.15) is 36.0 Å². The number of alkyl halides is 6. The van der Waals surface area contributed by atoms with Gasteiger partial charge in [0.15, 0.2) is 0 Å². The third-order valence-corrected chi connectivity index (χ3v) is 5.04. The third-order valence-electron chi connectivity index (χ3n) is 4.76. The number of carboxylic acid groups (broad SMARTS) is 2. The van der Waals surface area contributed by atoms with Crippen molar-refractivity contribution in [3.05, 3.63) is 51.9 Å². The molecule has 2 aromatic heterocycles. The van der Waals surface area contributed by atoms with Gasteiger partial charge in [0.1, 0.15) is 5.02 Å². The van der Waals surface area contributed by atoms with Gasteiger partial charge >= 0.3 is 24.3 Å². The first-order valence-electron chi connectivity index (χ1n) is 10.3. The molecule has 17 heteroatoms. The summed E-state index contributed by atoms with van der Waals surface area (Å²) in [6.07, 6.45) is 0.767. The Balaban J connectivity index is 0.000000404. The number of aryl methyl sites for hydroxylation is 1. The van der Waals surface area contributed by atoms with Crippen LogP contribution in [0.15, 0.2) is 35.8 Å². The molecule has 1 unspecified atom stereocenters. The van der Waals surface area contributed by atoms with E-state index in [-0.39, 0.29) is 22.5 Å². The van der Waals surface area contributed by atoms with Crippen molar-refractivity contribution in [2.45, 2.75) is 50.6 Å². The number of amides is 1. The molecule has 1 saturated heterocycles. The lowest BCUT2D eigenvalue weighted by molar-refractivity contribution is -0.193. The van der Waals surface area contributed by atoms with Crippen molar-refractivity contribution < 1.29 is 50.9 Å². The molecule has 0 bridgehead atoms. The van der Waals surface area contributed by atoms with E-state index in [0.717, 1.165) is 38.8 Å². The van der Waals surface area contributed by atoms with E-state index in [2.05, 4.69) is 9.97 Å². The molecule has 0 aromatic carbocycles. The zero-order valence-electron chi connectivity index (χ0n) is 18.7. The topological polar surface area (TPSA) is 146 Å². The minimum Gasteiger partial charge on any atom is -0.475 e. The zero-order chi connectivity index (χ0) is 28.4. The number of piperidine rings is 1. The number of hydrogen-bond acceptors (Lipinski definition) is 5. The number of nitrogens with zero attached hydrogens (tertiary/aromatic N) is 3. The molecule has 206 valence electrons. The van der Waals surface area contributed by atoms with Gasteiger partial charge in [0.25, 0.3) is 11.5 Å². The summed E-state index contributed by atoms with van der Waals surface area (Å²) in [5, 5.41) is 14.3. The van der Waals surface area contributed by atoms with E-state index in [1.807, 2.05) is 15.7 Å². The van der Waals surface area contributed by atoms with Crippen LogP contribution in [0.5, 0.6) is 0 Å². The van der Waals surface area contributed by atoms with Gasteiger partial charge in [-0.1, -0.05) is 11.6 Å². The summed E-state index contributed by atoms with van der Waals surface area (Å²) in [4.78, 5) is 50.4. The summed E-state index contributed by atoms with van der Waals surface area (Å²) in [6, 6.07) is 1.65. The van der Waals surface area contributed by atoms with Gasteiger partial charge in [-0.3, -0.25) is 9.59 Å². The van der Waals surface area contributed by atoms with Crippen LogP contribution in [0.2, 0.25) is 5.02 Å². The maximum Gasteiger partial charge on any atom is 0.490 e. The standard InChI is InChI=1S/C16H19ClN4O2.2C2HF3O2/c17-14-9-12(10-19-15(14)22)16(23)21-6-2-1-3-13(21)4-7-20-8-5-18-11-20;2*3-2(4,5)1(6)7/h5,8-11,13H,1-4,6-7H2,(H,19,22);2*(H,6,7). The second-order valence-electron chi connectivity index (χ2n) is 7.41. The van der Waals surface area contributed by atoms with Crippen LogP contribution in [-0.2, 0) is 16.1 Å². The zero-order valence-corrected chi connectivity index (χ0v) is 19.5. The summed E-state index contributed by atoms with van der Waals surface area (Å²) in [6.45, 7) is 1.57. The van der Waals surface area contributed by atoms with Gasteiger partial charge in [0, 0.05) is 37.7 Å². The predicted octanol–water partition coefficient (Wildman–Crippen LogP) is 3.58. The number of H-pyrrole nitrogens is 1. The van der Waals surface area contributed by atoms with E-state index in [4.69, 9.17) is 31.4 Å². The Morgan fingerprint density at radius 2 is 1.65 bits per heavy atom. The van der Waals surface area contributed by atoms with Crippen LogP contribution in [0.3, 0.4) is 0 Å². The number of likely N-dealkylation sites (tertiary alicyclic amines) is 1. The molecule has 0 saturated carbocycles. The molecule has 0 radical (unpaired) electrons. The number of halogens is 7. The molecule has 2 aromatic rings. The molecule has 1 aliphatic heterocycles. The summed E-state index contributed by atoms with van der Waals surface area (Å²) < 4.78 is 65.5. The third kappa shape index (κ3) is 10.9. The number of aliphatic carboxylic acids is 2. The molecule has 1 fully saturated rings. The number of carbonyl (C=O) groups excluding carboxylic acids is 1. The van der Waals surface area contributed by atoms with Crippen LogP contribution < -0.4 is 5.56 Å². The van der Waals surface area contributed by atoms with Crippen LogP contribution in [-0.4, -0.2) is 72.4 Å². The molecule has 3 rings (SSSR count). The highest BCUT2D eigenvalue weighted by atomic mass is 35.5. The number of imidazole rings is 1. The van der Waals surface area contributed by atoms with Gasteiger partial charge in [-0.25, -0.2) is 14.6 Å². The van der Waals surface area contributed by atoms with E-state index in [0.29, 0.717) is 5.56 Å². The lowest BCUT2D eigenvalue weighted by Gasteiger charge is -2.36. The minimum absolute atomic E-state index is 0.0443. The molecular weight excluding hydrogens is 542 g/mol. The maximum atomic E-state index is 12.8. The average Bonchev–Trinajstić information content (AvgIpc) is 3.32. The molecule has 3 N–H and O–H groups in total. The van der Waals surface area contributed by atoms with Gasteiger partial charge < -0.3 is 24.7 Å². The lowest BCUT2D eigenvalue weighted by atomic mass is 9.98. The summed E-state index contributed by atoms with van der Waals surface area (Å²) in [5.41, 5.74) is 0.0580. The SMILES string of the molecule is O=C(O)C(F)(F)F.O=C(O)C(F)(F)F.O=C(c1c[nH]c(=O)c(Cl)c1)N1CCCCC1CCn1ccnc1. The van der Waals surface area contributed by atoms with Crippen LogP contribution in [0.4, 0.5) is 26.3 Å². The molecule has 1 amide bonds. The van der Waals surface area contributed by atoms with Crippen molar-refractivity contribution in [3.63, 3.8) is 0 Å². The number of aromatic amines is 1. The monoisotopic (exact) mass is 562 g/mol. The maximum absolute atomic E-state index is 12.8. The quantitative estimate of drug-likeness (QED) is 0.483. The Labute approximate surface area is 209 Å². The average molecular weight is 563 g/mol. The van der Waals surface area contributed by atoms with Crippen LogP contribution in [0.25, 0.3) is 0 Å². The number of hydrogen-bond donors (Lipinski definition) is 3. The fourth-order valence-electron chi connectivity index (χ4n) is 3.03. The Morgan fingerprint density at radius 1 is 1.08 bits per heavy atom. The highest BCUT2D eigenvalue weighted by molar-refractivity contribution is 6.30. The number of carboxylic acids is 2. The first-order valence-corrected chi connectivity index (χ1v) is 10.7. The Hall–Kier alpha value is -3.56. The highest BCUT2D eigenvalue weighted by Gasteiger charge is 2.38. The van der Waals surface area contributed by atoms with Gasteiger partial charge in [0.2, 0.25) is 0 Å². The van der Waals surface area contributed by atoms with E-state index in [1.165, 1.54) is 12.3 Å². The van der Waals surface area contributed by atoms with E-state index >= 15 is 0 Å².